The van der Waals surface area contributed by atoms with Gasteiger partial charge >= 0.3 is 0 Å². The Morgan fingerprint density at radius 2 is 1.84 bits per heavy atom. The lowest BCUT2D eigenvalue weighted by Gasteiger charge is -2.29. The van der Waals surface area contributed by atoms with E-state index in [1.807, 2.05) is 76.3 Å². The number of benzene rings is 2. The Balaban J connectivity index is 1.68. The number of aromatic nitrogens is 2. The maximum absolute atomic E-state index is 14.7. The summed E-state index contributed by atoms with van der Waals surface area (Å²) in [6.07, 6.45) is 3.63. The van der Waals surface area contributed by atoms with Crippen LogP contribution in [0.15, 0.2) is 91.3 Å². The largest absolute Gasteiger partial charge is 0.497 e. The number of nitrogens with one attached hydrogen (secondary N) is 1. The van der Waals surface area contributed by atoms with Crippen molar-refractivity contribution in [3.05, 3.63) is 108 Å². The van der Waals surface area contributed by atoms with Gasteiger partial charge < -0.3 is 19.5 Å². The molecule has 0 spiro atoms. The third kappa shape index (κ3) is 3.50. The molecule has 1 N–H and O–H groups in total. The maximum atomic E-state index is 14.7. The second-order valence-electron chi connectivity index (χ2n) is 7.45. The summed E-state index contributed by atoms with van der Waals surface area (Å²) in [5, 5.41) is 4.00. The molecule has 0 bridgehead atoms. The second kappa shape index (κ2) is 8.43. The van der Waals surface area contributed by atoms with Crippen LogP contribution in [0.3, 0.4) is 0 Å². The molecule has 0 amide bonds. The predicted octanol–water partition coefficient (Wildman–Crippen LogP) is 5.20. The molecule has 32 heavy (non-hydrogen) atoms. The van der Waals surface area contributed by atoms with Crippen molar-refractivity contribution in [3.63, 3.8) is 0 Å². The summed E-state index contributed by atoms with van der Waals surface area (Å²) < 4.78 is 22.0. The fraction of sp³-hybridized carbons (Fsp3) is 0.120. The molecular formula is C25H21FN4OS. The Bertz CT molecular complexity index is 1260. The van der Waals surface area contributed by atoms with E-state index in [1.54, 1.807) is 25.4 Å². The number of hydrogen-bond acceptors (Lipinski definition) is 3. The normalized spacial score (nSPS) is 17.9. The summed E-state index contributed by atoms with van der Waals surface area (Å²) in [6.45, 7) is 0. The van der Waals surface area contributed by atoms with Gasteiger partial charge in [-0.1, -0.05) is 24.3 Å². The molecule has 1 aliphatic heterocycles. The van der Waals surface area contributed by atoms with Gasteiger partial charge in [-0.05, 0) is 60.7 Å². The van der Waals surface area contributed by atoms with E-state index >= 15 is 0 Å². The van der Waals surface area contributed by atoms with Crippen molar-refractivity contribution in [2.24, 2.45) is 0 Å². The van der Waals surface area contributed by atoms with Crippen LogP contribution in [0.1, 0.15) is 23.5 Å². The molecule has 1 aliphatic rings. The number of nitrogens with zero attached hydrogens (tertiary/aromatic N) is 3. The smallest absolute Gasteiger partial charge is 0.174 e. The molecule has 0 unspecified atom stereocenters. The van der Waals surface area contributed by atoms with Crippen LogP contribution in [0.25, 0.3) is 5.69 Å². The van der Waals surface area contributed by atoms with Gasteiger partial charge in [-0.3, -0.25) is 4.98 Å². The minimum atomic E-state index is -0.291. The van der Waals surface area contributed by atoms with E-state index in [2.05, 4.69) is 10.3 Å². The predicted molar refractivity (Wildman–Crippen MR) is 127 cm³/mol. The number of ether oxygens (including phenoxy) is 1. The van der Waals surface area contributed by atoms with Gasteiger partial charge in [0.05, 0.1) is 24.5 Å². The molecule has 2 aromatic heterocycles. The zero-order valence-electron chi connectivity index (χ0n) is 17.4. The van der Waals surface area contributed by atoms with E-state index in [4.69, 9.17) is 17.0 Å². The average molecular weight is 445 g/mol. The summed E-state index contributed by atoms with van der Waals surface area (Å²) in [4.78, 5) is 6.63. The number of rotatable bonds is 5. The summed E-state index contributed by atoms with van der Waals surface area (Å²) in [5.74, 6) is 0.440. The van der Waals surface area contributed by atoms with E-state index in [0.29, 0.717) is 10.8 Å². The highest BCUT2D eigenvalue weighted by Gasteiger charge is 2.42. The van der Waals surface area contributed by atoms with Gasteiger partial charge in [0.1, 0.15) is 17.6 Å². The highest BCUT2D eigenvalue weighted by molar-refractivity contribution is 7.80. The van der Waals surface area contributed by atoms with Crippen LogP contribution in [-0.2, 0) is 0 Å². The molecule has 5 nitrogen and oxygen atoms in total. The zero-order chi connectivity index (χ0) is 22.1. The van der Waals surface area contributed by atoms with E-state index in [-0.39, 0.29) is 17.9 Å². The van der Waals surface area contributed by atoms with Crippen molar-refractivity contribution in [2.45, 2.75) is 12.1 Å². The Kier molecular flexibility index (Phi) is 5.33. The number of para-hydroxylation sites is 1. The topological polar surface area (TPSA) is 42.3 Å². The lowest BCUT2D eigenvalue weighted by molar-refractivity contribution is 0.414. The van der Waals surface area contributed by atoms with Crippen LogP contribution in [0.4, 0.5) is 10.1 Å². The molecule has 2 aromatic carbocycles. The molecule has 4 aromatic rings. The van der Waals surface area contributed by atoms with Crippen molar-refractivity contribution in [3.8, 4) is 11.4 Å². The van der Waals surface area contributed by atoms with Crippen LogP contribution < -0.4 is 15.0 Å². The highest BCUT2D eigenvalue weighted by Crippen LogP contribution is 2.42. The molecule has 0 saturated carbocycles. The van der Waals surface area contributed by atoms with Gasteiger partial charge in [0.2, 0.25) is 0 Å². The lowest BCUT2D eigenvalue weighted by atomic mass is 10.0. The first-order valence-corrected chi connectivity index (χ1v) is 10.6. The molecule has 0 aliphatic carbocycles. The Labute approximate surface area is 191 Å². The van der Waals surface area contributed by atoms with Crippen molar-refractivity contribution in [2.75, 3.05) is 12.0 Å². The first kappa shape index (κ1) is 20.2. The zero-order valence-corrected chi connectivity index (χ0v) is 18.2. The molecule has 5 rings (SSSR count). The molecule has 1 fully saturated rings. The summed E-state index contributed by atoms with van der Waals surface area (Å²) in [7, 11) is 1.64. The second-order valence-corrected chi connectivity index (χ2v) is 7.84. The van der Waals surface area contributed by atoms with Gasteiger partial charge in [-0.15, -0.1) is 0 Å². The van der Waals surface area contributed by atoms with Gasteiger partial charge in [-0.2, -0.15) is 0 Å². The molecule has 2 atom stereocenters. The number of methoxy groups -OCH3 is 1. The standard InChI is InChI=1S/C25H21FN4OS/c1-31-18-9-6-8-17(16-18)30-24(23(28-25(30)32)20-11-4-5-14-27-20)22-13-7-15-29(22)21-12-3-2-10-19(21)26/h2-16,23-24H,1H3,(H,28,32)/t23-,24-/m0/s1. The van der Waals surface area contributed by atoms with Crippen LogP contribution >= 0.6 is 12.2 Å². The van der Waals surface area contributed by atoms with E-state index in [9.17, 15) is 4.39 Å². The quantitative estimate of drug-likeness (QED) is 0.429. The van der Waals surface area contributed by atoms with Gasteiger partial charge in [0.15, 0.2) is 5.11 Å². The maximum Gasteiger partial charge on any atom is 0.174 e. The fourth-order valence-corrected chi connectivity index (χ4v) is 4.54. The monoisotopic (exact) mass is 444 g/mol. The molecule has 1 saturated heterocycles. The van der Waals surface area contributed by atoms with Gasteiger partial charge in [0.25, 0.3) is 0 Å². The van der Waals surface area contributed by atoms with Crippen molar-refractivity contribution in [1.29, 1.82) is 0 Å². The van der Waals surface area contributed by atoms with Crippen molar-refractivity contribution >= 4 is 23.0 Å². The van der Waals surface area contributed by atoms with Crippen LogP contribution in [0.5, 0.6) is 5.75 Å². The molecule has 160 valence electrons. The van der Waals surface area contributed by atoms with E-state index in [1.165, 1.54) is 6.07 Å². The van der Waals surface area contributed by atoms with E-state index < -0.39 is 0 Å². The minimum absolute atomic E-state index is 0.227. The molecule has 3 heterocycles. The van der Waals surface area contributed by atoms with Gasteiger partial charge in [-0.25, -0.2) is 4.39 Å². The molecular weight excluding hydrogens is 423 g/mol. The van der Waals surface area contributed by atoms with Gasteiger partial charge in [0, 0.05) is 29.8 Å². The Morgan fingerprint density at radius 3 is 2.62 bits per heavy atom. The molecule has 7 heteroatoms. The third-order valence-corrected chi connectivity index (χ3v) is 5.94. The van der Waals surface area contributed by atoms with Crippen LogP contribution in [0.2, 0.25) is 0 Å². The fourth-order valence-electron chi connectivity index (χ4n) is 4.20. The number of hydrogen-bond donors (Lipinski definition) is 1. The Hall–Kier alpha value is -3.71. The first-order valence-electron chi connectivity index (χ1n) is 10.2. The van der Waals surface area contributed by atoms with Crippen molar-refractivity contribution < 1.29 is 9.13 Å². The van der Waals surface area contributed by atoms with Crippen molar-refractivity contribution in [1.82, 2.24) is 14.9 Å². The average Bonchev–Trinajstić information content (AvgIpc) is 3.44. The summed E-state index contributed by atoms with van der Waals surface area (Å²) >= 11 is 5.78. The first-order chi connectivity index (χ1) is 15.7. The summed E-state index contributed by atoms with van der Waals surface area (Å²) in [6, 6.07) is 23.7. The van der Waals surface area contributed by atoms with Crippen LogP contribution in [0, 0.1) is 5.82 Å². The lowest BCUT2D eigenvalue weighted by Crippen LogP contribution is -2.30. The number of anilines is 1. The molecule has 0 radical (unpaired) electrons. The number of halogens is 1. The number of pyridine rings is 1. The minimum Gasteiger partial charge on any atom is -0.497 e. The highest BCUT2D eigenvalue weighted by atomic mass is 32.1. The summed E-state index contributed by atoms with van der Waals surface area (Å²) in [5.41, 5.74) is 3.11. The SMILES string of the molecule is COc1cccc(N2C(=S)N[C@@H](c3ccccn3)[C@@H]2c2cccn2-c2ccccc2F)c1. The third-order valence-electron chi connectivity index (χ3n) is 5.62. The number of thiocarbonyl (C=S) groups is 1. The van der Waals surface area contributed by atoms with E-state index in [0.717, 1.165) is 22.8 Å². The van der Waals surface area contributed by atoms with Crippen LogP contribution in [-0.4, -0.2) is 21.8 Å². The Morgan fingerprint density at radius 1 is 1.00 bits per heavy atom.